The summed E-state index contributed by atoms with van der Waals surface area (Å²) in [6.07, 6.45) is 0.787. The van der Waals surface area contributed by atoms with Crippen molar-refractivity contribution in [1.29, 1.82) is 0 Å². The van der Waals surface area contributed by atoms with E-state index < -0.39 is 0 Å². The zero-order chi connectivity index (χ0) is 10.8. The molecule has 0 amide bonds. The lowest BCUT2D eigenvalue weighted by Crippen LogP contribution is -1.98. The van der Waals surface area contributed by atoms with Gasteiger partial charge in [0.2, 0.25) is 0 Å². The van der Waals surface area contributed by atoms with Crippen molar-refractivity contribution in [3.8, 4) is 0 Å². The highest BCUT2D eigenvalue weighted by Crippen LogP contribution is 2.28. The van der Waals surface area contributed by atoms with Gasteiger partial charge in [-0.05, 0) is 6.07 Å². The standard InChI is InChI=1S/C11H9Cl2NO/c12-5-6-14-10-4-2-1-3-8(10)9(7-15)11(14)13/h1-4,7H,5-6H2. The lowest BCUT2D eigenvalue weighted by atomic mass is 10.2. The molecular weight excluding hydrogens is 233 g/mol. The Morgan fingerprint density at radius 1 is 1.33 bits per heavy atom. The minimum absolute atomic E-state index is 0.465. The summed E-state index contributed by atoms with van der Waals surface area (Å²) in [5, 5.41) is 1.34. The van der Waals surface area contributed by atoms with Gasteiger partial charge in [0, 0.05) is 23.3 Å². The van der Waals surface area contributed by atoms with Crippen LogP contribution in [0.1, 0.15) is 10.4 Å². The average molecular weight is 242 g/mol. The summed E-state index contributed by atoms with van der Waals surface area (Å²) in [6.45, 7) is 0.606. The largest absolute Gasteiger partial charge is 0.330 e. The number of fused-ring (bicyclic) bond motifs is 1. The van der Waals surface area contributed by atoms with Crippen molar-refractivity contribution in [2.75, 3.05) is 5.88 Å². The molecule has 2 nitrogen and oxygen atoms in total. The van der Waals surface area contributed by atoms with Crippen molar-refractivity contribution < 1.29 is 4.79 Å². The van der Waals surface area contributed by atoms with Crippen molar-refractivity contribution >= 4 is 40.4 Å². The first-order chi connectivity index (χ1) is 7.29. The lowest BCUT2D eigenvalue weighted by Gasteiger charge is -2.02. The topological polar surface area (TPSA) is 22.0 Å². The number of nitrogens with zero attached hydrogens (tertiary/aromatic N) is 1. The Morgan fingerprint density at radius 3 is 2.73 bits per heavy atom. The summed E-state index contributed by atoms with van der Waals surface area (Å²) >= 11 is 11.8. The second-order valence-corrected chi connectivity index (χ2v) is 3.92. The molecule has 1 aromatic heterocycles. The van der Waals surface area contributed by atoms with Crippen LogP contribution in [0.25, 0.3) is 10.9 Å². The molecule has 0 spiro atoms. The van der Waals surface area contributed by atoms with E-state index in [1.165, 1.54) is 0 Å². The molecule has 0 saturated heterocycles. The molecule has 0 aliphatic carbocycles. The molecule has 0 aliphatic heterocycles. The van der Waals surface area contributed by atoms with Crippen LogP contribution in [-0.2, 0) is 6.54 Å². The summed E-state index contributed by atoms with van der Waals surface area (Å²) in [4.78, 5) is 10.9. The van der Waals surface area contributed by atoms with Crippen molar-refractivity contribution in [1.82, 2.24) is 4.57 Å². The number of hydrogen-bond donors (Lipinski definition) is 0. The third kappa shape index (κ3) is 1.64. The summed E-state index contributed by atoms with van der Waals surface area (Å²) in [6, 6.07) is 7.62. The Hall–Kier alpha value is -0.990. The van der Waals surface area contributed by atoms with Crippen LogP contribution in [0.3, 0.4) is 0 Å². The second kappa shape index (κ2) is 4.25. The third-order valence-electron chi connectivity index (χ3n) is 2.37. The number of aldehydes is 1. The highest BCUT2D eigenvalue weighted by molar-refractivity contribution is 6.34. The maximum Gasteiger partial charge on any atom is 0.153 e. The van der Waals surface area contributed by atoms with Gasteiger partial charge in [0.25, 0.3) is 0 Å². The first-order valence-electron chi connectivity index (χ1n) is 4.57. The van der Waals surface area contributed by atoms with E-state index in [0.29, 0.717) is 23.1 Å². The molecule has 0 saturated carbocycles. The Balaban J connectivity index is 2.78. The normalized spacial score (nSPS) is 10.8. The fourth-order valence-corrected chi connectivity index (χ4v) is 2.21. The monoisotopic (exact) mass is 241 g/mol. The predicted molar refractivity (Wildman–Crippen MR) is 63.1 cm³/mol. The molecule has 0 unspecified atom stereocenters. The molecule has 2 aromatic rings. The number of para-hydroxylation sites is 1. The predicted octanol–water partition coefficient (Wildman–Crippen LogP) is 3.35. The van der Waals surface area contributed by atoms with Crippen LogP contribution in [0.15, 0.2) is 24.3 Å². The lowest BCUT2D eigenvalue weighted by molar-refractivity contribution is 0.112. The van der Waals surface area contributed by atoms with Gasteiger partial charge < -0.3 is 4.57 Å². The third-order valence-corrected chi connectivity index (χ3v) is 2.95. The molecule has 1 aromatic carbocycles. The highest BCUT2D eigenvalue weighted by atomic mass is 35.5. The summed E-state index contributed by atoms with van der Waals surface area (Å²) in [5.74, 6) is 0.469. The summed E-state index contributed by atoms with van der Waals surface area (Å²) < 4.78 is 1.85. The maximum absolute atomic E-state index is 10.9. The minimum atomic E-state index is 0.465. The molecule has 2 rings (SSSR count). The van der Waals surface area contributed by atoms with E-state index in [0.717, 1.165) is 17.2 Å². The van der Waals surface area contributed by atoms with E-state index in [-0.39, 0.29) is 0 Å². The van der Waals surface area contributed by atoms with Gasteiger partial charge in [-0.25, -0.2) is 0 Å². The highest BCUT2D eigenvalue weighted by Gasteiger charge is 2.13. The van der Waals surface area contributed by atoms with E-state index in [1.54, 1.807) is 0 Å². The summed E-state index contributed by atoms with van der Waals surface area (Å²) in [5.41, 5.74) is 1.49. The van der Waals surface area contributed by atoms with E-state index >= 15 is 0 Å². The van der Waals surface area contributed by atoms with E-state index in [9.17, 15) is 4.79 Å². The second-order valence-electron chi connectivity index (χ2n) is 3.18. The Labute approximate surface area is 97.4 Å². The van der Waals surface area contributed by atoms with E-state index in [4.69, 9.17) is 23.2 Å². The minimum Gasteiger partial charge on any atom is -0.330 e. The Bertz CT molecular complexity index is 505. The SMILES string of the molecule is O=Cc1c(Cl)n(CCCl)c2ccccc12. The Morgan fingerprint density at radius 2 is 2.07 bits per heavy atom. The number of aromatic nitrogens is 1. The van der Waals surface area contributed by atoms with E-state index in [2.05, 4.69) is 0 Å². The number of benzene rings is 1. The molecule has 1 heterocycles. The first kappa shape index (κ1) is 10.5. The number of hydrogen-bond acceptors (Lipinski definition) is 1. The van der Waals surface area contributed by atoms with Gasteiger partial charge in [-0.15, -0.1) is 11.6 Å². The Kier molecular flexibility index (Phi) is 2.98. The molecule has 4 heteroatoms. The number of aryl methyl sites for hydroxylation is 1. The van der Waals surface area contributed by atoms with Gasteiger partial charge in [-0.2, -0.15) is 0 Å². The van der Waals surface area contributed by atoms with Crippen molar-refractivity contribution in [2.24, 2.45) is 0 Å². The van der Waals surface area contributed by atoms with Gasteiger partial charge in [0.15, 0.2) is 6.29 Å². The number of rotatable bonds is 3. The van der Waals surface area contributed by atoms with Crippen LogP contribution in [-0.4, -0.2) is 16.7 Å². The van der Waals surface area contributed by atoms with Gasteiger partial charge in [0.05, 0.1) is 5.56 Å². The molecule has 0 atom stereocenters. The fourth-order valence-electron chi connectivity index (χ4n) is 1.71. The van der Waals surface area contributed by atoms with Gasteiger partial charge in [-0.1, -0.05) is 29.8 Å². The molecular formula is C11H9Cl2NO. The maximum atomic E-state index is 10.9. The quantitative estimate of drug-likeness (QED) is 0.597. The van der Waals surface area contributed by atoms with Crippen LogP contribution >= 0.6 is 23.2 Å². The molecule has 15 heavy (non-hydrogen) atoms. The van der Waals surface area contributed by atoms with Crippen LogP contribution < -0.4 is 0 Å². The molecule has 0 N–H and O–H groups in total. The molecule has 0 aliphatic rings. The van der Waals surface area contributed by atoms with Crippen LogP contribution in [0.4, 0.5) is 0 Å². The van der Waals surface area contributed by atoms with Gasteiger partial charge in [0.1, 0.15) is 5.15 Å². The van der Waals surface area contributed by atoms with Crippen molar-refractivity contribution in [3.05, 3.63) is 35.0 Å². The zero-order valence-corrected chi connectivity index (χ0v) is 9.42. The van der Waals surface area contributed by atoms with Crippen LogP contribution in [0.2, 0.25) is 5.15 Å². The van der Waals surface area contributed by atoms with Crippen molar-refractivity contribution in [3.63, 3.8) is 0 Å². The van der Waals surface area contributed by atoms with E-state index in [1.807, 2.05) is 28.8 Å². The molecule has 78 valence electrons. The number of carbonyl (C=O) groups excluding carboxylic acids is 1. The smallest absolute Gasteiger partial charge is 0.153 e. The van der Waals surface area contributed by atoms with Gasteiger partial charge >= 0.3 is 0 Å². The molecule has 0 fully saturated rings. The summed E-state index contributed by atoms with van der Waals surface area (Å²) in [7, 11) is 0. The van der Waals surface area contributed by atoms with Gasteiger partial charge in [-0.3, -0.25) is 4.79 Å². The number of carbonyl (C=O) groups is 1. The molecule has 0 bridgehead atoms. The zero-order valence-electron chi connectivity index (χ0n) is 7.91. The molecule has 0 radical (unpaired) electrons. The van der Waals surface area contributed by atoms with Crippen molar-refractivity contribution in [2.45, 2.75) is 6.54 Å². The number of halogens is 2. The van der Waals surface area contributed by atoms with Crippen LogP contribution in [0.5, 0.6) is 0 Å². The number of alkyl halides is 1. The first-order valence-corrected chi connectivity index (χ1v) is 5.48. The average Bonchev–Trinajstić information content (AvgIpc) is 2.53. The van der Waals surface area contributed by atoms with Crippen LogP contribution in [0, 0.1) is 0 Å². The fraction of sp³-hybridized carbons (Fsp3) is 0.182.